The molecule has 0 spiro atoms. The summed E-state index contributed by atoms with van der Waals surface area (Å²) in [7, 11) is 0. The number of hydrogen-bond acceptors (Lipinski definition) is 4. The Balaban J connectivity index is 0.00000133. The molecule has 1 radical (unpaired) electrons. The van der Waals surface area contributed by atoms with Gasteiger partial charge in [-0.15, -0.1) is 0 Å². The van der Waals surface area contributed by atoms with Crippen LogP contribution in [0.25, 0.3) is 11.2 Å². The molecule has 2 aromatic heterocycles. The average Bonchev–Trinajstić information content (AvgIpc) is 2.84. The van der Waals surface area contributed by atoms with Crippen LogP contribution in [0.3, 0.4) is 0 Å². The third-order valence-electron chi connectivity index (χ3n) is 2.75. The number of H-pyrrole nitrogens is 1. The molecule has 0 fully saturated rings. The molecule has 0 bridgehead atoms. The Morgan fingerprint density at radius 1 is 1.26 bits per heavy atom. The Morgan fingerprint density at radius 3 is 2.74 bits per heavy atom. The number of nitrogens with zero attached hydrogens (tertiary/aromatic N) is 3. The Kier molecular flexibility index (Phi) is 4.26. The van der Waals surface area contributed by atoms with Crippen LogP contribution in [0.5, 0.6) is 0 Å². The summed E-state index contributed by atoms with van der Waals surface area (Å²) in [5.41, 5.74) is 7.28. The van der Waals surface area contributed by atoms with Gasteiger partial charge in [-0.25, -0.2) is 4.98 Å². The normalized spacial score (nSPS) is 10.3. The average molecular weight is 400 g/mol. The van der Waals surface area contributed by atoms with Crippen molar-refractivity contribution in [2.24, 2.45) is 0 Å². The van der Waals surface area contributed by atoms with E-state index >= 15 is 0 Å². The molecule has 2 heterocycles. The molecule has 0 atom stereocenters. The fraction of sp³-hybridized carbons (Fsp3) is 0.0833. The number of anilines is 1. The molecule has 0 saturated heterocycles. The first-order valence-electron chi connectivity index (χ1n) is 5.49. The van der Waals surface area contributed by atoms with Gasteiger partial charge in [0.05, 0.1) is 12.9 Å². The molecule has 99 valence electrons. The van der Waals surface area contributed by atoms with Crippen LogP contribution in [0, 0.1) is 38.6 Å². The number of aromatic amines is 1. The second-order valence-electron chi connectivity index (χ2n) is 3.95. The van der Waals surface area contributed by atoms with Crippen molar-refractivity contribution in [3.05, 3.63) is 52.6 Å². The number of rotatable bonds is 2. The third kappa shape index (κ3) is 2.66. The van der Waals surface area contributed by atoms with Gasteiger partial charge in [0.2, 0.25) is 5.95 Å². The standard InChI is InChI=1S/C12H11N5O.Tb/c13-12-16-10-9(14-7-15-10)11(18)17(12)6-8-4-2-1-3-5-8;/h1-5,7H,6H2,(H2,13,16)(H,14,15);. The van der Waals surface area contributed by atoms with E-state index in [2.05, 4.69) is 15.0 Å². The Bertz CT molecular complexity index is 750. The Morgan fingerprint density at radius 2 is 2.00 bits per heavy atom. The van der Waals surface area contributed by atoms with Crippen molar-refractivity contribution in [1.82, 2.24) is 19.5 Å². The summed E-state index contributed by atoms with van der Waals surface area (Å²) in [5.74, 6) is 0.181. The minimum atomic E-state index is -0.234. The first kappa shape index (κ1) is 14.1. The van der Waals surface area contributed by atoms with E-state index in [1.54, 1.807) is 0 Å². The van der Waals surface area contributed by atoms with Gasteiger partial charge < -0.3 is 10.7 Å². The van der Waals surface area contributed by atoms with Gasteiger partial charge in [-0.1, -0.05) is 30.3 Å². The predicted octanol–water partition coefficient (Wildman–Crippen LogP) is 0.750. The molecule has 3 rings (SSSR count). The van der Waals surface area contributed by atoms with E-state index in [0.717, 1.165) is 5.56 Å². The molecule has 0 unspecified atom stereocenters. The van der Waals surface area contributed by atoms with E-state index in [9.17, 15) is 4.79 Å². The van der Waals surface area contributed by atoms with Crippen molar-refractivity contribution in [3.63, 3.8) is 0 Å². The second kappa shape index (κ2) is 5.75. The summed E-state index contributed by atoms with van der Waals surface area (Å²) in [5, 5.41) is 0. The molecular formula is C12H11N5OTb. The van der Waals surface area contributed by atoms with Gasteiger partial charge in [0, 0.05) is 38.6 Å². The van der Waals surface area contributed by atoms with Crippen molar-refractivity contribution < 1.29 is 38.6 Å². The first-order chi connectivity index (χ1) is 8.75. The zero-order chi connectivity index (χ0) is 12.5. The van der Waals surface area contributed by atoms with E-state index in [0.29, 0.717) is 17.7 Å². The quantitative estimate of drug-likeness (QED) is 0.665. The molecule has 1 aromatic carbocycles. The fourth-order valence-electron chi connectivity index (χ4n) is 1.85. The van der Waals surface area contributed by atoms with E-state index in [4.69, 9.17) is 5.73 Å². The summed E-state index contributed by atoms with van der Waals surface area (Å²) >= 11 is 0. The first-order valence-corrected chi connectivity index (χ1v) is 5.49. The zero-order valence-corrected chi connectivity index (χ0v) is 12.0. The number of nitrogens with two attached hydrogens (primary N) is 1. The second-order valence-corrected chi connectivity index (χ2v) is 3.95. The zero-order valence-electron chi connectivity index (χ0n) is 9.83. The van der Waals surface area contributed by atoms with Crippen LogP contribution in [0.2, 0.25) is 0 Å². The maximum Gasteiger partial charge on any atom is 0.283 e. The molecule has 0 aliphatic rings. The van der Waals surface area contributed by atoms with E-state index in [1.807, 2.05) is 30.3 Å². The van der Waals surface area contributed by atoms with Crippen molar-refractivity contribution in [3.8, 4) is 0 Å². The van der Waals surface area contributed by atoms with E-state index in [1.165, 1.54) is 10.9 Å². The smallest absolute Gasteiger partial charge is 0.283 e. The number of nitrogens with one attached hydrogen (secondary N) is 1. The van der Waals surface area contributed by atoms with E-state index < -0.39 is 0 Å². The van der Waals surface area contributed by atoms with Crippen molar-refractivity contribution in [1.29, 1.82) is 0 Å². The molecule has 6 nitrogen and oxygen atoms in total. The number of benzene rings is 1. The molecule has 3 aromatic rings. The van der Waals surface area contributed by atoms with Gasteiger partial charge in [-0.2, -0.15) is 4.98 Å². The molecular weight excluding hydrogens is 389 g/mol. The predicted molar refractivity (Wildman–Crippen MR) is 68.1 cm³/mol. The number of fused-ring (bicyclic) bond motifs is 1. The molecule has 0 aliphatic heterocycles. The molecule has 0 amide bonds. The molecule has 19 heavy (non-hydrogen) atoms. The van der Waals surface area contributed by atoms with Crippen LogP contribution in [0.15, 0.2) is 41.5 Å². The van der Waals surface area contributed by atoms with Crippen molar-refractivity contribution in [2.75, 3.05) is 5.73 Å². The van der Waals surface area contributed by atoms with Crippen molar-refractivity contribution >= 4 is 17.1 Å². The van der Waals surface area contributed by atoms with E-state index in [-0.39, 0.29) is 50.1 Å². The van der Waals surface area contributed by atoms with Crippen molar-refractivity contribution in [2.45, 2.75) is 6.54 Å². The van der Waals surface area contributed by atoms with Crippen LogP contribution in [0.4, 0.5) is 5.95 Å². The van der Waals surface area contributed by atoms with Crippen LogP contribution in [-0.2, 0) is 6.54 Å². The minimum absolute atomic E-state index is 0. The maximum atomic E-state index is 12.2. The van der Waals surface area contributed by atoms with Gasteiger partial charge in [0.1, 0.15) is 0 Å². The minimum Gasteiger partial charge on any atom is -0.369 e. The molecule has 3 N–H and O–H groups in total. The third-order valence-corrected chi connectivity index (χ3v) is 2.75. The van der Waals surface area contributed by atoms with Gasteiger partial charge in [-0.3, -0.25) is 9.36 Å². The summed E-state index contributed by atoms with van der Waals surface area (Å²) in [6.07, 6.45) is 1.44. The van der Waals surface area contributed by atoms with Gasteiger partial charge >= 0.3 is 0 Å². The Hall–Kier alpha value is -1.34. The number of nitrogen functional groups attached to an aromatic ring is 1. The van der Waals surface area contributed by atoms with Gasteiger partial charge in [0.25, 0.3) is 5.56 Å². The summed E-state index contributed by atoms with van der Waals surface area (Å²) in [6, 6.07) is 9.61. The van der Waals surface area contributed by atoms with Gasteiger partial charge in [0.15, 0.2) is 11.2 Å². The van der Waals surface area contributed by atoms with Crippen LogP contribution in [0.1, 0.15) is 5.56 Å². The molecule has 0 saturated carbocycles. The monoisotopic (exact) mass is 400 g/mol. The number of imidazole rings is 1. The largest absolute Gasteiger partial charge is 0.369 e. The maximum absolute atomic E-state index is 12.2. The number of aromatic nitrogens is 4. The number of hydrogen-bond donors (Lipinski definition) is 2. The molecule has 7 heteroatoms. The SMILES string of the molecule is Nc1nc2[nH]cnc2c(=O)n1Cc1ccccc1.[Tb]. The van der Waals surface area contributed by atoms with Crippen LogP contribution < -0.4 is 11.3 Å². The summed E-state index contributed by atoms with van der Waals surface area (Å²) < 4.78 is 1.42. The molecule has 0 aliphatic carbocycles. The topological polar surface area (TPSA) is 89.6 Å². The summed E-state index contributed by atoms with van der Waals surface area (Å²) in [4.78, 5) is 23.0. The van der Waals surface area contributed by atoms with Crippen LogP contribution in [-0.4, -0.2) is 19.5 Å². The van der Waals surface area contributed by atoms with Gasteiger partial charge in [-0.05, 0) is 5.56 Å². The Labute approximate surface area is 139 Å². The summed E-state index contributed by atoms with van der Waals surface area (Å²) in [6.45, 7) is 0.390. The fourth-order valence-corrected chi connectivity index (χ4v) is 1.85. The van der Waals surface area contributed by atoms with Crippen LogP contribution >= 0.6 is 0 Å².